The van der Waals surface area contributed by atoms with Gasteiger partial charge in [-0.3, -0.25) is 10.8 Å². The van der Waals surface area contributed by atoms with Crippen LogP contribution < -0.4 is 11.3 Å². The van der Waals surface area contributed by atoms with E-state index < -0.39 is 0 Å². The highest BCUT2D eigenvalue weighted by molar-refractivity contribution is 5.91. The average molecular weight is 215 g/mol. The van der Waals surface area contributed by atoms with Gasteiger partial charge in [0.2, 0.25) is 0 Å². The standard InChI is InChI=1S/C13H17N3/c1-2-3-4-10-5-6-12-11(9-10)13(16-14)7-8-15-12/h5-9H,2-4,14H2,1H3,(H,15,16). The summed E-state index contributed by atoms with van der Waals surface area (Å²) in [5.41, 5.74) is 5.98. The van der Waals surface area contributed by atoms with Gasteiger partial charge >= 0.3 is 0 Å². The fourth-order valence-corrected chi connectivity index (χ4v) is 1.86. The summed E-state index contributed by atoms with van der Waals surface area (Å²) in [6.45, 7) is 2.20. The number of aryl methyl sites for hydroxylation is 1. The Morgan fingerprint density at radius 1 is 1.31 bits per heavy atom. The van der Waals surface area contributed by atoms with Crippen LogP contribution in [0.3, 0.4) is 0 Å². The van der Waals surface area contributed by atoms with E-state index in [0.29, 0.717) is 0 Å². The third-order valence-electron chi connectivity index (χ3n) is 2.78. The molecule has 0 unspecified atom stereocenters. The highest BCUT2D eigenvalue weighted by atomic mass is 15.2. The van der Waals surface area contributed by atoms with Gasteiger partial charge in [-0.2, -0.15) is 0 Å². The Morgan fingerprint density at radius 3 is 2.94 bits per heavy atom. The van der Waals surface area contributed by atoms with Crippen LogP contribution in [-0.2, 0) is 6.42 Å². The molecule has 0 aliphatic heterocycles. The molecule has 0 radical (unpaired) electrons. The maximum absolute atomic E-state index is 5.49. The molecule has 0 amide bonds. The van der Waals surface area contributed by atoms with Crippen LogP contribution in [-0.4, -0.2) is 4.98 Å². The number of nitrogen functional groups attached to an aromatic ring is 1. The molecule has 2 aromatic rings. The Labute approximate surface area is 95.7 Å². The molecule has 0 bridgehead atoms. The number of pyridine rings is 1. The molecule has 1 aromatic carbocycles. The maximum Gasteiger partial charge on any atom is 0.0723 e. The van der Waals surface area contributed by atoms with E-state index in [1.165, 1.54) is 18.4 Å². The van der Waals surface area contributed by atoms with Gasteiger partial charge in [-0.15, -0.1) is 0 Å². The molecule has 2 rings (SSSR count). The Bertz CT molecular complexity index is 480. The van der Waals surface area contributed by atoms with Crippen LogP contribution in [0.4, 0.5) is 5.69 Å². The van der Waals surface area contributed by atoms with Gasteiger partial charge in [0.05, 0.1) is 11.2 Å². The van der Waals surface area contributed by atoms with Crippen molar-refractivity contribution in [3.8, 4) is 0 Å². The fourth-order valence-electron chi connectivity index (χ4n) is 1.86. The lowest BCUT2D eigenvalue weighted by molar-refractivity contribution is 0.796. The molecular weight excluding hydrogens is 198 g/mol. The van der Waals surface area contributed by atoms with Crippen molar-refractivity contribution in [1.29, 1.82) is 0 Å². The Hall–Kier alpha value is -1.61. The zero-order valence-electron chi connectivity index (χ0n) is 9.53. The number of rotatable bonds is 4. The topological polar surface area (TPSA) is 50.9 Å². The van der Waals surface area contributed by atoms with Crippen LogP contribution in [0.15, 0.2) is 30.5 Å². The number of unbranched alkanes of at least 4 members (excludes halogenated alkanes) is 1. The first-order valence-electron chi connectivity index (χ1n) is 5.69. The Kier molecular flexibility index (Phi) is 3.37. The number of benzene rings is 1. The number of hydrazine groups is 1. The summed E-state index contributed by atoms with van der Waals surface area (Å²) in [7, 11) is 0. The summed E-state index contributed by atoms with van der Waals surface area (Å²) >= 11 is 0. The van der Waals surface area contributed by atoms with Crippen LogP contribution >= 0.6 is 0 Å². The number of hydrogen-bond acceptors (Lipinski definition) is 3. The van der Waals surface area contributed by atoms with Gasteiger partial charge in [0, 0.05) is 11.6 Å². The van der Waals surface area contributed by atoms with Crippen molar-refractivity contribution < 1.29 is 0 Å². The summed E-state index contributed by atoms with van der Waals surface area (Å²) < 4.78 is 0. The molecule has 3 nitrogen and oxygen atoms in total. The normalized spacial score (nSPS) is 10.6. The molecule has 16 heavy (non-hydrogen) atoms. The first kappa shape index (κ1) is 10.9. The summed E-state index contributed by atoms with van der Waals surface area (Å²) in [4.78, 5) is 4.32. The molecule has 0 fully saturated rings. The number of fused-ring (bicyclic) bond motifs is 1. The molecule has 0 atom stereocenters. The van der Waals surface area contributed by atoms with Crippen molar-refractivity contribution >= 4 is 16.6 Å². The molecule has 0 saturated heterocycles. The molecular formula is C13H17N3. The summed E-state index contributed by atoms with van der Waals surface area (Å²) in [6, 6.07) is 8.27. The smallest absolute Gasteiger partial charge is 0.0723 e. The Morgan fingerprint density at radius 2 is 2.19 bits per heavy atom. The number of nitrogens with zero attached hydrogens (tertiary/aromatic N) is 1. The zero-order valence-corrected chi connectivity index (χ0v) is 9.53. The second kappa shape index (κ2) is 4.94. The third kappa shape index (κ3) is 2.14. The predicted octanol–water partition coefficient (Wildman–Crippen LogP) is 2.86. The first-order valence-corrected chi connectivity index (χ1v) is 5.69. The monoisotopic (exact) mass is 215 g/mol. The third-order valence-corrected chi connectivity index (χ3v) is 2.78. The van der Waals surface area contributed by atoms with E-state index >= 15 is 0 Å². The van der Waals surface area contributed by atoms with Crippen molar-refractivity contribution in [1.82, 2.24) is 4.98 Å². The minimum Gasteiger partial charge on any atom is -0.323 e. The number of nitrogens with two attached hydrogens (primary N) is 1. The van der Waals surface area contributed by atoms with E-state index in [0.717, 1.165) is 23.0 Å². The molecule has 1 aromatic heterocycles. The lowest BCUT2D eigenvalue weighted by Crippen LogP contribution is -2.07. The maximum atomic E-state index is 5.49. The Balaban J connectivity index is 2.42. The van der Waals surface area contributed by atoms with Crippen LogP contribution in [0.5, 0.6) is 0 Å². The van der Waals surface area contributed by atoms with Crippen LogP contribution in [0, 0.1) is 0 Å². The number of aromatic nitrogens is 1. The highest BCUT2D eigenvalue weighted by Gasteiger charge is 2.01. The van der Waals surface area contributed by atoms with E-state index in [2.05, 4.69) is 35.5 Å². The van der Waals surface area contributed by atoms with Gasteiger partial charge in [0.15, 0.2) is 0 Å². The van der Waals surface area contributed by atoms with Gasteiger partial charge < -0.3 is 5.43 Å². The van der Waals surface area contributed by atoms with E-state index in [4.69, 9.17) is 5.84 Å². The molecule has 1 heterocycles. The fraction of sp³-hybridized carbons (Fsp3) is 0.308. The quantitative estimate of drug-likeness (QED) is 0.609. The molecule has 3 heteroatoms. The number of hydrogen-bond donors (Lipinski definition) is 2. The molecule has 84 valence electrons. The van der Waals surface area contributed by atoms with Gasteiger partial charge in [-0.25, -0.2) is 0 Å². The minimum absolute atomic E-state index is 0.934. The largest absolute Gasteiger partial charge is 0.323 e. The second-order valence-electron chi connectivity index (χ2n) is 3.96. The molecule has 0 saturated carbocycles. The van der Waals surface area contributed by atoms with Crippen molar-refractivity contribution in [2.24, 2.45) is 5.84 Å². The lowest BCUT2D eigenvalue weighted by atomic mass is 10.0. The number of anilines is 1. The van der Waals surface area contributed by atoms with E-state index in [1.807, 2.05) is 6.07 Å². The van der Waals surface area contributed by atoms with Crippen LogP contribution in [0.1, 0.15) is 25.3 Å². The van der Waals surface area contributed by atoms with Crippen molar-refractivity contribution in [3.63, 3.8) is 0 Å². The van der Waals surface area contributed by atoms with Gasteiger partial charge in [0.1, 0.15) is 0 Å². The number of nitrogens with one attached hydrogen (secondary N) is 1. The van der Waals surface area contributed by atoms with E-state index in [9.17, 15) is 0 Å². The van der Waals surface area contributed by atoms with Crippen molar-refractivity contribution in [3.05, 3.63) is 36.0 Å². The van der Waals surface area contributed by atoms with Crippen LogP contribution in [0.25, 0.3) is 10.9 Å². The summed E-state index contributed by atoms with van der Waals surface area (Å²) in [5, 5.41) is 1.10. The van der Waals surface area contributed by atoms with Gasteiger partial charge in [-0.05, 0) is 36.6 Å². The molecule has 0 aliphatic carbocycles. The summed E-state index contributed by atoms with van der Waals surface area (Å²) in [6.07, 6.45) is 5.32. The van der Waals surface area contributed by atoms with Crippen LogP contribution in [0.2, 0.25) is 0 Å². The van der Waals surface area contributed by atoms with Gasteiger partial charge in [-0.1, -0.05) is 19.4 Å². The SMILES string of the molecule is CCCCc1ccc2nccc(NN)c2c1. The minimum atomic E-state index is 0.934. The van der Waals surface area contributed by atoms with Crippen molar-refractivity contribution in [2.45, 2.75) is 26.2 Å². The zero-order chi connectivity index (χ0) is 11.4. The van der Waals surface area contributed by atoms with Crippen molar-refractivity contribution in [2.75, 3.05) is 5.43 Å². The molecule has 0 aliphatic rings. The molecule has 0 spiro atoms. The second-order valence-corrected chi connectivity index (χ2v) is 3.96. The van der Waals surface area contributed by atoms with E-state index in [1.54, 1.807) is 6.20 Å². The summed E-state index contributed by atoms with van der Waals surface area (Å²) in [5.74, 6) is 5.49. The predicted molar refractivity (Wildman–Crippen MR) is 68.2 cm³/mol. The van der Waals surface area contributed by atoms with E-state index in [-0.39, 0.29) is 0 Å². The first-order chi connectivity index (χ1) is 7.85. The highest BCUT2D eigenvalue weighted by Crippen LogP contribution is 2.22. The lowest BCUT2D eigenvalue weighted by Gasteiger charge is -2.07. The average Bonchev–Trinajstić information content (AvgIpc) is 2.35. The van der Waals surface area contributed by atoms with Gasteiger partial charge in [0.25, 0.3) is 0 Å². The molecule has 3 N–H and O–H groups in total.